The van der Waals surface area contributed by atoms with Gasteiger partial charge in [0.2, 0.25) is 5.91 Å². The number of thiazole rings is 1. The van der Waals surface area contributed by atoms with Gasteiger partial charge in [0.05, 0.1) is 16.0 Å². The number of aryl methyl sites for hydroxylation is 1. The topological polar surface area (TPSA) is 100 Å². The lowest BCUT2D eigenvalue weighted by Crippen LogP contribution is -2.30. The van der Waals surface area contributed by atoms with Crippen molar-refractivity contribution >= 4 is 67.9 Å². The fourth-order valence-corrected chi connectivity index (χ4v) is 6.50. The van der Waals surface area contributed by atoms with Gasteiger partial charge in [0.15, 0.2) is 5.13 Å². The van der Waals surface area contributed by atoms with Crippen molar-refractivity contribution in [3.8, 4) is 11.1 Å². The minimum Gasteiger partial charge on any atom is -0.321 e. The second-order valence-corrected chi connectivity index (χ2v) is 12.8. The predicted octanol–water partition coefficient (Wildman–Crippen LogP) is 8.41. The zero-order chi connectivity index (χ0) is 32.6. The number of amides is 3. The highest BCUT2D eigenvalue weighted by Gasteiger charge is 2.16. The number of hydrogen-bond donors (Lipinski definition) is 3. The van der Waals surface area contributed by atoms with Crippen LogP contribution >= 0.6 is 23.1 Å². The Balaban J connectivity index is 1.14. The van der Waals surface area contributed by atoms with Gasteiger partial charge in [0.1, 0.15) is 5.70 Å². The first-order chi connectivity index (χ1) is 22.9. The lowest BCUT2D eigenvalue weighted by molar-refractivity contribution is -0.114. The number of nitrogens with zero attached hydrogens (tertiary/aromatic N) is 1. The Labute approximate surface area is 280 Å². The number of carbonyl (C=O) groups is 3. The van der Waals surface area contributed by atoms with Crippen LogP contribution < -0.4 is 16.0 Å². The molecule has 5 aromatic carbocycles. The number of thioether (sulfide) groups is 1. The van der Waals surface area contributed by atoms with E-state index in [4.69, 9.17) is 0 Å². The van der Waals surface area contributed by atoms with Gasteiger partial charge in [-0.15, -0.1) is 11.8 Å². The summed E-state index contributed by atoms with van der Waals surface area (Å²) in [4.78, 5) is 44.6. The highest BCUT2D eigenvalue weighted by Crippen LogP contribution is 2.28. The molecule has 3 amide bonds. The van der Waals surface area contributed by atoms with Crippen LogP contribution in [0.15, 0.2) is 138 Å². The van der Waals surface area contributed by atoms with E-state index in [9.17, 15) is 14.4 Å². The van der Waals surface area contributed by atoms with E-state index in [1.54, 1.807) is 48.5 Å². The van der Waals surface area contributed by atoms with Crippen molar-refractivity contribution < 1.29 is 14.4 Å². The Bertz CT molecular complexity index is 2080. The highest BCUT2D eigenvalue weighted by atomic mass is 32.2. The zero-order valence-electron chi connectivity index (χ0n) is 25.4. The first-order valence-electron chi connectivity index (χ1n) is 14.8. The largest absolute Gasteiger partial charge is 0.321 e. The Kier molecular flexibility index (Phi) is 9.86. The number of fused-ring (bicyclic) bond motifs is 1. The molecule has 6 rings (SSSR count). The van der Waals surface area contributed by atoms with E-state index in [0.29, 0.717) is 16.4 Å². The summed E-state index contributed by atoms with van der Waals surface area (Å²) in [5.74, 6) is -0.880. The van der Waals surface area contributed by atoms with Crippen LogP contribution in [-0.4, -0.2) is 28.5 Å². The molecule has 0 saturated carbocycles. The molecule has 0 bridgehead atoms. The molecule has 0 atom stereocenters. The summed E-state index contributed by atoms with van der Waals surface area (Å²) >= 11 is 2.79. The molecule has 3 N–H and O–H groups in total. The normalized spacial score (nSPS) is 11.2. The number of nitrogens with one attached hydrogen (secondary N) is 3. The Hall–Kier alpha value is -5.51. The molecule has 7 nitrogen and oxygen atoms in total. The van der Waals surface area contributed by atoms with E-state index in [0.717, 1.165) is 37.4 Å². The van der Waals surface area contributed by atoms with Gasteiger partial charge in [0.25, 0.3) is 11.8 Å². The van der Waals surface area contributed by atoms with Gasteiger partial charge in [-0.1, -0.05) is 96.3 Å². The molecule has 0 aliphatic carbocycles. The van der Waals surface area contributed by atoms with Crippen LogP contribution in [0.1, 0.15) is 21.5 Å². The first-order valence-corrected chi connectivity index (χ1v) is 16.6. The molecule has 6 aromatic rings. The quantitative estimate of drug-likeness (QED) is 0.102. The van der Waals surface area contributed by atoms with Gasteiger partial charge in [-0.2, -0.15) is 0 Å². The van der Waals surface area contributed by atoms with Crippen molar-refractivity contribution in [2.45, 2.75) is 11.8 Å². The van der Waals surface area contributed by atoms with Gasteiger partial charge in [-0.3, -0.25) is 14.4 Å². The first kappa shape index (κ1) is 31.5. The third kappa shape index (κ3) is 8.40. The molecule has 0 aliphatic heterocycles. The van der Waals surface area contributed by atoms with E-state index in [1.165, 1.54) is 23.1 Å². The molecule has 0 spiro atoms. The summed E-state index contributed by atoms with van der Waals surface area (Å²) < 4.78 is 1.02. The third-order valence-corrected chi connectivity index (χ3v) is 9.04. The summed E-state index contributed by atoms with van der Waals surface area (Å²) in [5.41, 5.74) is 5.92. The molecule has 9 heteroatoms. The van der Waals surface area contributed by atoms with Crippen molar-refractivity contribution in [1.82, 2.24) is 10.3 Å². The van der Waals surface area contributed by atoms with Gasteiger partial charge in [-0.05, 0) is 77.7 Å². The summed E-state index contributed by atoms with van der Waals surface area (Å²) in [6.07, 6.45) is 1.65. The summed E-state index contributed by atoms with van der Waals surface area (Å²) in [5, 5.41) is 9.12. The Morgan fingerprint density at radius 3 is 2.26 bits per heavy atom. The summed E-state index contributed by atoms with van der Waals surface area (Å²) in [6, 6.07) is 39.7. The second kappa shape index (κ2) is 14.7. The van der Waals surface area contributed by atoms with Crippen LogP contribution in [0.4, 0.5) is 10.8 Å². The molecule has 0 unspecified atom stereocenters. The maximum absolute atomic E-state index is 13.6. The van der Waals surface area contributed by atoms with Crippen molar-refractivity contribution in [3.63, 3.8) is 0 Å². The van der Waals surface area contributed by atoms with Crippen molar-refractivity contribution in [3.05, 3.63) is 150 Å². The average molecular weight is 655 g/mol. The lowest BCUT2D eigenvalue weighted by Gasteiger charge is -2.12. The molecule has 47 heavy (non-hydrogen) atoms. The van der Waals surface area contributed by atoms with Gasteiger partial charge in [0, 0.05) is 16.1 Å². The molecule has 0 aliphatic rings. The maximum atomic E-state index is 13.6. The van der Waals surface area contributed by atoms with E-state index < -0.39 is 11.8 Å². The van der Waals surface area contributed by atoms with Gasteiger partial charge in [-0.25, -0.2) is 4.98 Å². The fourth-order valence-electron chi connectivity index (χ4n) is 4.76. The van der Waals surface area contributed by atoms with E-state index in [1.807, 2.05) is 91.9 Å². The standard InChI is InChI=1S/C38H30N4O3S2/c1-25-15-20-32-34(21-25)47-38(41-32)42-35(43)24-46-31-14-8-13-30(23-31)39-37(45)33(40-36(44)29-11-6-3-7-12-29)22-26-16-18-28(19-17-26)27-9-4-2-5-10-27/h2-23H,24H2,1H3,(H,39,45)(H,40,44)(H,41,42,43)/b33-22+. The van der Waals surface area contributed by atoms with Crippen molar-refractivity contribution in [2.75, 3.05) is 16.4 Å². The molecule has 0 saturated heterocycles. The molecule has 1 aromatic heterocycles. The molecular weight excluding hydrogens is 625 g/mol. The van der Waals surface area contributed by atoms with Crippen LogP contribution in [-0.2, 0) is 9.59 Å². The van der Waals surface area contributed by atoms with Crippen molar-refractivity contribution in [1.29, 1.82) is 0 Å². The Morgan fingerprint density at radius 2 is 1.49 bits per heavy atom. The maximum Gasteiger partial charge on any atom is 0.272 e. The van der Waals surface area contributed by atoms with Crippen molar-refractivity contribution in [2.24, 2.45) is 0 Å². The van der Waals surface area contributed by atoms with Crippen LogP contribution in [0.3, 0.4) is 0 Å². The molecular formula is C38H30N4O3S2. The molecule has 0 radical (unpaired) electrons. The predicted molar refractivity (Wildman–Crippen MR) is 193 cm³/mol. The number of rotatable bonds is 10. The summed E-state index contributed by atoms with van der Waals surface area (Å²) in [7, 11) is 0. The number of aromatic nitrogens is 1. The molecule has 232 valence electrons. The van der Waals surface area contributed by atoms with Gasteiger partial charge >= 0.3 is 0 Å². The number of carbonyl (C=O) groups excluding carboxylic acids is 3. The number of benzene rings is 5. The number of anilines is 2. The second-order valence-electron chi connectivity index (χ2n) is 10.7. The minimum atomic E-state index is -0.479. The van der Waals surface area contributed by atoms with E-state index in [-0.39, 0.29) is 17.4 Å². The molecule has 0 fully saturated rings. The third-order valence-electron chi connectivity index (χ3n) is 7.11. The lowest BCUT2D eigenvalue weighted by atomic mass is 10.0. The summed E-state index contributed by atoms with van der Waals surface area (Å²) in [6.45, 7) is 2.02. The van der Waals surface area contributed by atoms with E-state index >= 15 is 0 Å². The number of hydrogen-bond acceptors (Lipinski definition) is 6. The van der Waals surface area contributed by atoms with Crippen LogP contribution in [0.5, 0.6) is 0 Å². The highest BCUT2D eigenvalue weighted by molar-refractivity contribution is 8.00. The van der Waals surface area contributed by atoms with Crippen LogP contribution in [0.2, 0.25) is 0 Å². The fraction of sp³-hybridized carbons (Fsp3) is 0.0526. The monoisotopic (exact) mass is 654 g/mol. The zero-order valence-corrected chi connectivity index (χ0v) is 27.0. The smallest absolute Gasteiger partial charge is 0.272 e. The average Bonchev–Trinajstić information content (AvgIpc) is 3.49. The SMILES string of the molecule is Cc1ccc2nc(NC(=O)CSc3cccc(NC(=O)/C(=C\c4ccc(-c5ccccc5)cc4)NC(=O)c4ccccc4)c3)sc2c1. The van der Waals surface area contributed by atoms with E-state index in [2.05, 4.69) is 20.9 Å². The Morgan fingerprint density at radius 1 is 0.766 bits per heavy atom. The molecule has 1 heterocycles. The van der Waals surface area contributed by atoms with Gasteiger partial charge < -0.3 is 16.0 Å². The van der Waals surface area contributed by atoms with Crippen LogP contribution in [0.25, 0.3) is 27.4 Å². The minimum absolute atomic E-state index is 0.0924. The van der Waals surface area contributed by atoms with Crippen LogP contribution in [0, 0.1) is 6.92 Å².